The van der Waals surface area contributed by atoms with Crippen molar-refractivity contribution in [2.75, 3.05) is 13.2 Å². The van der Waals surface area contributed by atoms with Crippen LogP contribution in [0.3, 0.4) is 0 Å². The summed E-state index contributed by atoms with van der Waals surface area (Å²) in [4.78, 5) is 24.9. The summed E-state index contributed by atoms with van der Waals surface area (Å²) in [5.74, 6) is 1.06. The lowest BCUT2D eigenvalue weighted by atomic mass is 9.79. The maximum atomic E-state index is 12.8. The van der Waals surface area contributed by atoms with Crippen molar-refractivity contribution < 1.29 is 9.47 Å². The van der Waals surface area contributed by atoms with E-state index in [9.17, 15) is 9.59 Å². The average molecular weight is 379 g/mol. The minimum absolute atomic E-state index is 0.0505. The van der Waals surface area contributed by atoms with Gasteiger partial charge in [-0.05, 0) is 18.2 Å². The number of benzene rings is 1. The second kappa shape index (κ2) is 4.99. The zero-order chi connectivity index (χ0) is 16.3. The van der Waals surface area contributed by atoms with Crippen LogP contribution >= 0.6 is 15.9 Å². The van der Waals surface area contributed by atoms with Crippen molar-refractivity contribution in [2.24, 2.45) is 20.0 Å². The Hall–Kier alpha value is -2.02. The first-order valence-electron chi connectivity index (χ1n) is 7.34. The fourth-order valence-electron chi connectivity index (χ4n) is 3.45. The molecule has 3 heterocycles. The fraction of sp³-hybridized carbons (Fsp3) is 0.375. The predicted octanol–water partition coefficient (Wildman–Crippen LogP) is 1.38. The van der Waals surface area contributed by atoms with Crippen LogP contribution in [-0.2, 0) is 14.1 Å². The lowest BCUT2D eigenvalue weighted by Gasteiger charge is -2.38. The zero-order valence-electron chi connectivity index (χ0n) is 12.7. The van der Waals surface area contributed by atoms with Crippen LogP contribution in [0.1, 0.15) is 17.0 Å². The summed E-state index contributed by atoms with van der Waals surface area (Å²) in [6.07, 6.45) is 0. The Bertz CT molecular complexity index is 931. The SMILES string of the molecule is Cn1c2c(c(=O)n(C)c1=O)[C@@H]1c3cc(Br)ccc3OC[C@H]1CO2. The van der Waals surface area contributed by atoms with Crippen LogP contribution in [0.25, 0.3) is 0 Å². The van der Waals surface area contributed by atoms with Crippen molar-refractivity contribution in [3.8, 4) is 11.6 Å². The molecule has 1 aromatic heterocycles. The van der Waals surface area contributed by atoms with E-state index >= 15 is 0 Å². The number of hydrogen-bond acceptors (Lipinski definition) is 4. The van der Waals surface area contributed by atoms with Gasteiger partial charge in [0.05, 0.1) is 18.8 Å². The first-order valence-corrected chi connectivity index (χ1v) is 8.13. The van der Waals surface area contributed by atoms with E-state index in [0.717, 1.165) is 20.4 Å². The maximum Gasteiger partial charge on any atom is 0.333 e. The maximum absolute atomic E-state index is 12.8. The highest BCUT2D eigenvalue weighted by molar-refractivity contribution is 9.10. The number of fused-ring (bicyclic) bond motifs is 5. The molecule has 0 saturated carbocycles. The van der Waals surface area contributed by atoms with Crippen molar-refractivity contribution in [3.63, 3.8) is 0 Å². The molecule has 6 nitrogen and oxygen atoms in total. The molecule has 4 rings (SSSR count). The summed E-state index contributed by atoms with van der Waals surface area (Å²) in [7, 11) is 3.12. The molecule has 2 aliphatic heterocycles. The van der Waals surface area contributed by atoms with Gasteiger partial charge in [-0.2, -0.15) is 0 Å². The van der Waals surface area contributed by atoms with Gasteiger partial charge in [-0.3, -0.25) is 13.9 Å². The highest BCUT2D eigenvalue weighted by Gasteiger charge is 2.41. The number of rotatable bonds is 0. The smallest absolute Gasteiger partial charge is 0.333 e. The summed E-state index contributed by atoms with van der Waals surface area (Å²) in [5.41, 5.74) is 0.809. The molecular weight excluding hydrogens is 364 g/mol. The van der Waals surface area contributed by atoms with E-state index in [1.54, 1.807) is 7.05 Å². The number of halogens is 1. The molecule has 0 bridgehead atoms. The van der Waals surface area contributed by atoms with Gasteiger partial charge in [0.15, 0.2) is 0 Å². The van der Waals surface area contributed by atoms with Crippen LogP contribution in [0, 0.1) is 5.92 Å². The first kappa shape index (κ1) is 14.6. The van der Waals surface area contributed by atoms with Crippen LogP contribution in [-0.4, -0.2) is 22.3 Å². The predicted molar refractivity (Wildman–Crippen MR) is 87.4 cm³/mol. The van der Waals surface area contributed by atoms with Crippen LogP contribution < -0.4 is 20.7 Å². The first-order chi connectivity index (χ1) is 11.0. The zero-order valence-corrected chi connectivity index (χ0v) is 14.3. The van der Waals surface area contributed by atoms with Gasteiger partial charge < -0.3 is 9.47 Å². The largest absolute Gasteiger partial charge is 0.493 e. The monoisotopic (exact) mass is 378 g/mol. The minimum atomic E-state index is -0.381. The van der Waals surface area contributed by atoms with Gasteiger partial charge >= 0.3 is 5.69 Å². The normalized spacial score (nSPS) is 21.5. The lowest BCUT2D eigenvalue weighted by molar-refractivity contribution is 0.116. The molecule has 0 unspecified atom stereocenters. The quantitative estimate of drug-likeness (QED) is 0.694. The Labute approximate surface area is 140 Å². The van der Waals surface area contributed by atoms with Crippen molar-refractivity contribution in [3.05, 3.63) is 54.6 Å². The van der Waals surface area contributed by atoms with Crippen LogP contribution in [0.2, 0.25) is 0 Å². The van der Waals surface area contributed by atoms with Gasteiger partial charge in [0.2, 0.25) is 5.88 Å². The Morgan fingerprint density at radius 3 is 2.65 bits per heavy atom. The molecule has 23 heavy (non-hydrogen) atoms. The molecule has 0 saturated heterocycles. The van der Waals surface area contributed by atoms with Crippen LogP contribution in [0.5, 0.6) is 11.6 Å². The molecule has 2 atom stereocenters. The Morgan fingerprint density at radius 1 is 1.13 bits per heavy atom. The minimum Gasteiger partial charge on any atom is -0.493 e. The van der Waals surface area contributed by atoms with E-state index in [0.29, 0.717) is 24.7 Å². The number of aromatic nitrogens is 2. The lowest BCUT2D eigenvalue weighted by Crippen LogP contribution is -2.46. The molecule has 0 amide bonds. The fourth-order valence-corrected chi connectivity index (χ4v) is 3.83. The number of hydrogen-bond donors (Lipinski definition) is 0. The molecule has 120 valence electrons. The molecule has 0 spiro atoms. The summed E-state index contributed by atoms with van der Waals surface area (Å²) in [5, 5.41) is 0. The molecule has 2 aliphatic rings. The van der Waals surface area contributed by atoms with Crippen molar-refractivity contribution in [2.45, 2.75) is 5.92 Å². The Balaban J connectivity index is 2.05. The third-order valence-corrected chi connectivity index (χ3v) is 5.11. The second-order valence-corrected chi connectivity index (χ2v) is 6.88. The molecule has 0 radical (unpaired) electrons. The highest BCUT2D eigenvalue weighted by atomic mass is 79.9. The second-order valence-electron chi connectivity index (χ2n) is 5.97. The van der Waals surface area contributed by atoms with Gasteiger partial charge in [0, 0.05) is 36.0 Å². The average Bonchev–Trinajstić information content (AvgIpc) is 2.56. The topological polar surface area (TPSA) is 62.5 Å². The van der Waals surface area contributed by atoms with Gasteiger partial charge in [0.25, 0.3) is 5.56 Å². The van der Waals surface area contributed by atoms with Gasteiger partial charge in [-0.15, -0.1) is 0 Å². The van der Waals surface area contributed by atoms with Crippen molar-refractivity contribution >= 4 is 15.9 Å². The van der Waals surface area contributed by atoms with Crippen molar-refractivity contribution in [1.82, 2.24) is 9.13 Å². The van der Waals surface area contributed by atoms with Gasteiger partial charge in [0.1, 0.15) is 5.75 Å². The summed E-state index contributed by atoms with van der Waals surface area (Å²) in [6.45, 7) is 0.912. The van der Waals surface area contributed by atoms with Gasteiger partial charge in [-0.25, -0.2) is 4.79 Å². The van der Waals surface area contributed by atoms with Crippen LogP contribution in [0.15, 0.2) is 32.3 Å². The molecule has 0 N–H and O–H groups in total. The molecule has 0 aliphatic carbocycles. The van der Waals surface area contributed by atoms with E-state index in [1.807, 2.05) is 18.2 Å². The third kappa shape index (κ3) is 1.99. The standard InChI is InChI=1S/C16H15BrN2O4/c1-18-14(20)13-12-8(7-23-15(13)19(2)16(18)21)6-22-11-4-3-9(17)5-10(11)12/h3-5,8,12H,6-7H2,1-2H3/t8-,12-/m0/s1. The molecule has 2 aromatic rings. The van der Waals surface area contributed by atoms with E-state index < -0.39 is 0 Å². The molecule has 1 aromatic carbocycles. The molecule has 7 heteroatoms. The van der Waals surface area contributed by atoms with Crippen LogP contribution in [0.4, 0.5) is 0 Å². The third-order valence-electron chi connectivity index (χ3n) is 4.62. The molecule has 0 fully saturated rings. The highest BCUT2D eigenvalue weighted by Crippen LogP contribution is 2.46. The summed E-state index contributed by atoms with van der Waals surface area (Å²) in [6, 6.07) is 5.79. The summed E-state index contributed by atoms with van der Waals surface area (Å²) < 4.78 is 15.0. The van der Waals surface area contributed by atoms with Crippen molar-refractivity contribution in [1.29, 1.82) is 0 Å². The van der Waals surface area contributed by atoms with Gasteiger partial charge in [-0.1, -0.05) is 15.9 Å². The van der Waals surface area contributed by atoms with E-state index in [-0.39, 0.29) is 23.1 Å². The summed E-state index contributed by atoms with van der Waals surface area (Å²) >= 11 is 3.48. The Kier molecular flexibility index (Phi) is 3.16. The Morgan fingerprint density at radius 2 is 1.87 bits per heavy atom. The molecular formula is C16H15BrN2O4. The van der Waals surface area contributed by atoms with E-state index in [1.165, 1.54) is 11.6 Å². The number of ether oxygens (including phenoxy) is 2. The van der Waals surface area contributed by atoms with E-state index in [2.05, 4.69) is 15.9 Å². The number of nitrogens with zero attached hydrogens (tertiary/aromatic N) is 2. The van der Waals surface area contributed by atoms with E-state index in [4.69, 9.17) is 9.47 Å².